The molecule has 2 N–H and O–H groups in total. The molecule has 2 heterocycles. The van der Waals surface area contributed by atoms with Crippen molar-refractivity contribution < 1.29 is 19.4 Å². The lowest BCUT2D eigenvalue weighted by molar-refractivity contribution is 0.00917. The average Bonchev–Trinajstić information content (AvgIpc) is 3.48. The number of carbonyl (C=O) groups is 1. The number of aliphatic hydroxyl groups excluding tert-OH is 1. The van der Waals surface area contributed by atoms with Crippen LogP contribution in [0, 0.1) is 5.41 Å². The maximum absolute atomic E-state index is 13.2. The number of nitrogens with zero attached hydrogens (tertiary/aromatic N) is 1. The zero-order valence-electron chi connectivity index (χ0n) is 26.3. The van der Waals surface area contributed by atoms with E-state index >= 15 is 0 Å². The Bertz CT molecular complexity index is 1370. The number of carbonyl (C=O) groups excluding carboxylic acids is 1. The zero-order chi connectivity index (χ0) is 30.9. The highest BCUT2D eigenvalue weighted by atomic mass is 35.5. The van der Waals surface area contributed by atoms with Crippen LogP contribution in [0.4, 0.5) is 4.79 Å². The number of halogens is 1. The maximum Gasteiger partial charge on any atom is 0.410 e. The van der Waals surface area contributed by atoms with Gasteiger partial charge in [-0.05, 0) is 81.3 Å². The highest BCUT2D eigenvalue weighted by Gasteiger charge is 2.38. The smallest absolute Gasteiger partial charge is 0.410 e. The predicted molar refractivity (Wildman–Crippen MR) is 174 cm³/mol. The fraction of sp³-hybridized carbons (Fsp3) is 0.559. The molecule has 0 saturated carbocycles. The summed E-state index contributed by atoms with van der Waals surface area (Å²) in [6.07, 6.45) is 2.54. The Hall–Kier alpha value is -2.35. The SMILES string of the molecule is CC(C)(CO)Cc1[nH]c2ccc(OC(Cc3ccc(Cl)cc3)C3CCCN3C(=O)OC(C)(C)C)cc2c1SC(C)(C)C. The van der Waals surface area contributed by atoms with Crippen molar-refractivity contribution in [3.8, 4) is 5.75 Å². The van der Waals surface area contributed by atoms with Crippen LogP contribution in [0.2, 0.25) is 5.02 Å². The highest BCUT2D eigenvalue weighted by Crippen LogP contribution is 2.42. The Morgan fingerprint density at radius 1 is 1.10 bits per heavy atom. The third-order valence-electron chi connectivity index (χ3n) is 7.28. The van der Waals surface area contributed by atoms with E-state index in [1.165, 1.54) is 4.90 Å². The normalized spacial score (nSPS) is 17.1. The van der Waals surface area contributed by atoms with Crippen molar-refractivity contribution in [3.05, 3.63) is 58.7 Å². The van der Waals surface area contributed by atoms with Crippen LogP contribution in [0.25, 0.3) is 10.9 Å². The monoisotopic (exact) mass is 614 g/mol. The van der Waals surface area contributed by atoms with Gasteiger partial charge in [0, 0.05) is 50.8 Å². The molecule has 1 saturated heterocycles. The van der Waals surface area contributed by atoms with Crippen LogP contribution < -0.4 is 4.74 Å². The molecule has 42 heavy (non-hydrogen) atoms. The van der Waals surface area contributed by atoms with E-state index in [4.69, 9.17) is 21.1 Å². The first-order valence-corrected chi connectivity index (χ1v) is 16.1. The van der Waals surface area contributed by atoms with E-state index in [-0.39, 0.29) is 35.0 Å². The fourth-order valence-electron chi connectivity index (χ4n) is 5.37. The molecule has 0 aliphatic carbocycles. The first-order valence-electron chi connectivity index (χ1n) is 14.9. The van der Waals surface area contributed by atoms with Crippen LogP contribution in [0.3, 0.4) is 0 Å². The summed E-state index contributed by atoms with van der Waals surface area (Å²) in [7, 11) is 0. The minimum absolute atomic E-state index is 0.00102. The molecule has 2 aromatic carbocycles. The van der Waals surface area contributed by atoms with Crippen molar-refractivity contribution in [2.24, 2.45) is 5.41 Å². The van der Waals surface area contributed by atoms with Gasteiger partial charge < -0.3 is 24.5 Å². The molecule has 8 heteroatoms. The van der Waals surface area contributed by atoms with Crippen molar-refractivity contribution in [3.63, 3.8) is 0 Å². The summed E-state index contributed by atoms with van der Waals surface area (Å²) < 4.78 is 12.6. The number of hydrogen-bond acceptors (Lipinski definition) is 5. The van der Waals surface area contributed by atoms with Gasteiger partial charge in [-0.25, -0.2) is 4.79 Å². The molecular weight excluding hydrogens is 568 g/mol. The van der Waals surface area contributed by atoms with Crippen molar-refractivity contribution in [1.29, 1.82) is 0 Å². The molecule has 230 valence electrons. The highest BCUT2D eigenvalue weighted by molar-refractivity contribution is 8.00. The first-order chi connectivity index (χ1) is 19.5. The second-order valence-corrected chi connectivity index (χ2v) is 16.5. The summed E-state index contributed by atoms with van der Waals surface area (Å²) in [5.74, 6) is 0.764. The van der Waals surface area contributed by atoms with E-state index in [2.05, 4.69) is 51.7 Å². The lowest BCUT2D eigenvalue weighted by Gasteiger charge is -2.33. The Balaban J connectivity index is 1.71. The third kappa shape index (κ3) is 8.61. The van der Waals surface area contributed by atoms with Gasteiger partial charge in [-0.2, -0.15) is 0 Å². The number of H-pyrrole nitrogens is 1. The molecular formula is C34H47ClN2O4S. The Kier molecular flexibility index (Phi) is 9.86. The van der Waals surface area contributed by atoms with E-state index in [9.17, 15) is 9.90 Å². The van der Waals surface area contributed by atoms with E-state index < -0.39 is 5.60 Å². The number of amides is 1. The van der Waals surface area contributed by atoms with Crippen LogP contribution >= 0.6 is 23.4 Å². The average molecular weight is 615 g/mol. The van der Waals surface area contributed by atoms with Crippen molar-refractivity contribution in [2.45, 2.75) is 108 Å². The fourth-order valence-corrected chi connectivity index (χ4v) is 6.63. The standard InChI is InChI=1S/C34H47ClN2O4S/c1-32(2,3)41-31(39)37-17-9-10-28(37)29(18-22-11-13-23(35)14-12-22)40-24-15-16-26-25(19-24)30(42-33(4,5)6)27(36-26)20-34(7,8)21-38/h11-16,19,28-29,36,38H,9-10,17-18,20-21H2,1-8H3. The van der Waals surface area contributed by atoms with Crippen molar-refractivity contribution >= 4 is 40.4 Å². The summed E-state index contributed by atoms with van der Waals surface area (Å²) in [6.45, 7) is 17.2. The molecule has 1 amide bonds. The molecule has 0 bridgehead atoms. The van der Waals surface area contributed by atoms with Gasteiger partial charge in [0.05, 0.1) is 6.04 Å². The molecule has 1 aliphatic rings. The zero-order valence-corrected chi connectivity index (χ0v) is 27.9. The molecule has 4 rings (SSSR count). The van der Waals surface area contributed by atoms with E-state index in [0.717, 1.165) is 47.2 Å². The Labute approximate surface area is 260 Å². The number of benzene rings is 2. The van der Waals surface area contributed by atoms with Crippen LogP contribution in [0.15, 0.2) is 47.4 Å². The number of aromatic nitrogens is 1. The minimum atomic E-state index is -0.570. The molecule has 0 spiro atoms. The molecule has 0 radical (unpaired) electrons. The van der Waals surface area contributed by atoms with Crippen molar-refractivity contribution in [1.82, 2.24) is 9.88 Å². The summed E-state index contributed by atoms with van der Waals surface area (Å²) in [4.78, 5) is 19.9. The molecule has 6 nitrogen and oxygen atoms in total. The molecule has 1 aliphatic heterocycles. The summed E-state index contributed by atoms with van der Waals surface area (Å²) in [5.41, 5.74) is 2.46. The van der Waals surface area contributed by atoms with Crippen LogP contribution in [-0.4, -0.2) is 56.7 Å². The predicted octanol–water partition coefficient (Wildman–Crippen LogP) is 8.66. The largest absolute Gasteiger partial charge is 0.488 e. The second-order valence-electron chi connectivity index (χ2n) is 14.2. The van der Waals surface area contributed by atoms with Crippen molar-refractivity contribution in [2.75, 3.05) is 13.2 Å². The van der Waals surface area contributed by atoms with Gasteiger partial charge >= 0.3 is 6.09 Å². The number of fused-ring (bicyclic) bond motifs is 1. The third-order valence-corrected chi connectivity index (χ3v) is 8.82. The van der Waals surface area contributed by atoms with Gasteiger partial charge in [0.2, 0.25) is 0 Å². The number of aliphatic hydroxyl groups is 1. The van der Waals surface area contributed by atoms with Crippen LogP contribution in [-0.2, 0) is 17.6 Å². The molecule has 1 fully saturated rings. The molecule has 2 unspecified atom stereocenters. The maximum atomic E-state index is 13.2. The number of hydrogen-bond donors (Lipinski definition) is 2. The van der Waals surface area contributed by atoms with Crippen LogP contribution in [0.5, 0.6) is 5.75 Å². The summed E-state index contributed by atoms with van der Waals surface area (Å²) >= 11 is 8.01. The molecule has 1 aromatic heterocycles. The quantitative estimate of drug-likeness (QED) is 0.236. The Morgan fingerprint density at radius 3 is 2.40 bits per heavy atom. The molecule has 2 atom stereocenters. The van der Waals surface area contributed by atoms with Gasteiger partial charge in [0.1, 0.15) is 17.5 Å². The number of rotatable bonds is 9. The number of thioether (sulfide) groups is 1. The number of nitrogens with one attached hydrogen (secondary N) is 1. The van der Waals surface area contributed by atoms with Gasteiger partial charge in [0.25, 0.3) is 0 Å². The number of aromatic amines is 1. The van der Waals surface area contributed by atoms with Gasteiger partial charge in [-0.3, -0.25) is 0 Å². The van der Waals surface area contributed by atoms with Gasteiger partial charge in [-0.1, -0.05) is 58.4 Å². The van der Waals surface area contributed by atoms with E-state index in [1.807, 2.05) is 67.8 Å². The topological polar surface area (TPSA) is 74.8 Å². The number of ether oxygens (including phenoxy) is 2. The first kappa shape index (κ1) is 32.6. The lowest BCUT2D eigenvalue weighted by Crippen LogP contribution is -2.47. The Morgan fingerprint density at radius 2 is 1.79 bits per heavy atom. The second kappa shape index (κ2) is 12.7. The van der Waals surface area contributed by atoms with E-state index in [1.54, 1.807) is 0 Å². The van der Waals surface area contributed by atoms with E-state index in [0.29, 0.717) is 18.0 Å². The van der Waals surface area contributed by atoms with Gasteiger partial charge in [-0.15, -0.1) is 11.8 Å². The summed E-state index contributed by atoms with van der Waals surface area (Å²) in [6, 6.07) is 13.9. The minimum Gasteiger partial charge on any atom is -0.488 e. The molecule has 3 aromatic rings. The van der Waals surface area contributed by atoms with Gasteiger partial charge in [0.15, 0.2) is 0 Å². The lowest BCUT2D eigenvalue weighted by atomic mass is 9.89. The number of likely N-dealkylation sites (tertiary alicyclic amines) is 1. The van der Waals surface area contributed by atoms with Crippen LogP contribution in [0.1, 0.15) is 79.5 Å². The summed E-state index contributed by atoms with van der Waals surface area (Å²) in [5, 5.41) is 11.8.